The van der Waals surface area contributed by atoms with Crippen molar-refractivity contribution >= 4 is 17.9 Å². The van der Waals surface area contributed by atoms with E-state index < -0.39 is 18.0 Å². The zero-order chi connectivity index (χ0) is 13.5. The van der Waals surface area contributed by atoms with E-state index >= 15 is 0 Å². The molecule has 3 N–H and O–H groups in total. The molecule has 1 atom stereocenters. The number of aliphatic carboxylic acids is 1. The summed E-state index contributed by atoms with van der Waals surface area (Å²) in [7, 11) is 0. The second kappa shape index (κ2) is 6.83. The molecule has 0 aromatic rings. The van der Waals surface area contributed by atoms with Gasteiger partial charge in [0, 0.05) is 13.1 Å². The zero-order valence-corrected chi connectivity index (χ0v) is 10.4. The number of rotatable bonds is 5. The van der Waals surface area contributed by atoms with Gasteiger partial charge in [-0.05, 0) is 19.3 Å². The molecular weight excluding hydrogens is 238 g/mol. The molecule has 0 unspecified atom stereocenters. The summed E-state index contributed by atoms with van der Waals surface area (Å²) in [5.74, 6) is -1.22. The molecule has 3 amide bonds. The minimum atomic E-state index is -1.08. The number of amides is 3. The van der Waals surface area contributed by atoms with E-state index in [-0.39, 0.29) is 12.5 Å². The Bertz CT molecular complexity index is 326. The van der Waals surface area contributed by atoms with E-state index in [1.807, 2.05) is 0 Å². The summed E-state index contributed by atoms with van der Waals surface area (Å²) in [6, 6.07) is -1.55. The van der Waals surface area contributed by atoms with Crippen LogP contribution in [0.15, 0.2) is 0 Å². The van der Waals surface area contributed by atoms with Crippen LogP contribution in [0.3, 0.4) is 0 Å². The lowest BCUT2D eigenvalue weighted by molar-refractivity contribution is -0.139. The number of urea groups is 1. The minimum Gasteiger partial charge on any atom is -0.480 e. The maximum Gasteiger partial charge on any atom is 0.326 e. The van der Waals surface area contributed by atoms with Crippen LogP contribution in [0.1, 0.15) is 26.2 Å². The predicted molar refractivity (Wildman–Crippen MR) is 64.1 cm³/mol. The quantitative estimate of drug-likeness (QED) is 0.633. The number of carboxylic acid groups (broad SMARTS) is 1. The maximum absolute atomic E-state index is 11.6. The van der Waals surface area contributed by atoms with Gasteiger partial charge in [-0.25, -0.2) is 9.59 Å². The number of hydrogen-bond donors (Lipinski definition) is 3. The highest BCUT2D eigenvalue weighted by Crippen LogP contribution is 2.06. The lowest BCUT2D eigenvalue weighted by Crippen LogP contribution is -2.48. The second-order valence-electron chi connectivity index (χ2n) is 4.21. The van der Waals surface area contributed by atoms with E-state index in [1.165, 1.54) is 0 Å². The fourth-order valence-corrected chi connectivity index (χ4v) is 1.78. The lowest BCUT2D eigenvalue weighted by atomic mass is 10.2. The molecule has 0 aliphatic carbocycles. The highest BCUT2D eigenvalue weighted by Gasteiger charge is 2.20. The minimum absolute atomic E-state index is 0.0954. The lowest BCUT2D eigenvalue weighted by Gasteiger charge is -2.17. The Labute approximate surface area is 106 Å². The van der Waals surface area contributed by atoms with Gasteiger partial charge in [-0.15, -0.1) is 0 Å². The van der Waals surface area contributed by atoms with Gasteiger partial charge in [0.25, 0.3) is 0 Å². The van der Waals surface area contributed by atoms with Crippen molar-refractivity contribution in [2.45, 2.75) is 32.2 Å². The van der Waals surface area contributed by atoms with Crippen molar-refractivity contribution in [1.82, 2.24) is 15.5 Å². The van der Waals surface area contributed by atoms with Gasteiger partial charge in [0.05, 0.1) is 6.54 Å². The topological polar surface area (TPSA) is 98.7 Å². The largest absolute Gasteiger partial charge is 0.480 e. The van der Waals surface area contributed by atoms with E-state index in [0.29, 0.717) is 6.42 Å². The molecular formula is C11H19N3O4. The van der Waals surface area contributed by atoms with Crippen molar-refractivity contribution < 1.29 is 19.5 Å². The van der Waals surface area contributed by atoms with E-state index in [2.05, 4.69) is 10.6 Å². The third-order valence-electron chi connectivity index (χ3n) is 2.87. The fourth-order valence-electron chi connectivity index (χ4n) is 1.78. The van der Waals surface area contributed by atoms with Gasteiger partial charge in [-0.1, -0.05) is 6.92 Å². The number of nitrogens with zero attached hydrogens (tertiary/aromatic N) is 1. The third kappa shape index (κ3) is 4.23. The van der Waals surface area contributed by atoms with E-state index in [9.17, 15) is 14.4 Å². The van der Waals surface area contributed by atoms with Gasteiger partial charge in [0.2, 0.25) is 5.91 Å². The van der Waals surface area contributed by atoms with Gasteiger partial charge >= 0.3 is 12.0 Å². The molecule has 7 heteroatoms. The Morgan fingerprint density at radius 2 is 1.89 bits per heavy atom. The molecule has 7 nitrogen and oxygen atoms in total. The molecule has 1 aliphatic heterocycles. The molecule has 0 radical (unpaired) electrons. The van der Waals surface area contributed by atoms with E-state index in [0.717, 1.165) is 25.9 Å². The van der Waals surface area contributed by atoms with Crippen LogP contribution in [0, 0.1) is 0 Å². The van der Waals surface area contributed by atoms with Gasteiger partial charge in [-0.3, -0.25) is 4.79 Å². The molecule has 0 aromatic heterocycles. The molecule has 0 saturated carbocycles. The third-order valence-corrected chi connectivity index (χ3v) is 2.87. The van der Waals surface area contributed by atoms with Crippen molar-refractivity contribution in [1.29, 1.82) is 0 Å². The number of likely N-dealkylation sites (tertiary alicyclic amines) is 1. The highest BCUT2D eigenvalue weighted by atomic mass is 16.4. The Kier molecular flexibility index (Phi) is 5.41. The fraction of sp³-hybridized carbons (Fsp3) is 0.727. The smallest absolute Gasteiger partial charge is 0.326 e. The molecule has 18 heavy (non-hydrogen) atoms. The van der Waals surface area contributed by atoms with Crippen LogP contribution in [0.2, 0.25) is 0 Å². The predicted octanol–water partition coefficient (Wildman–Crippen LogP) is -0.229. The summed E-state index contributed by atoms with van der Waals surface area (Å²) in [5.41, 5.74) is 0. The standard InChI is InChI=1S/C11H19N3O4/c1-2-8(10(16)17)13-11(18)12-7-9(15)14-5-3-4-6-14/h8H,2-7H2,1H3,(H,16,17)(H2,12,13,18)/t8-/m0/s1. The summed E-state index contributed by atoms with van der Waals surface area (Å²) in [6.07, 6.45) is 2.28. The van der Waals surface area contributed by atoms with Crippen molar-refractivity contribution in [3.8, 4) is 0 Å². The molecule has 102 valence electrons. The number of nitrogens with one attached hydrogen (secondary N) is 2. The van der Waals surface area contributed by atoms with Crippen LogP contribution >= 0.6 is 0 Å². The summed E-state index contributed by atoms with van der Waals surface area (Å²) in [6.45, 7) is 3.03. The van der Waals surface area contributed by atoms with Crippen LogP contribution in [-0.2, 0) is 9.59 Å². The van der Waals surface area contributed by atoms with Crippen molar-refractivity contribution in [3.63, 3.8) is 0 Å². The molecule has 1 fully saturated rings. The van der Waals surface area contributed by atoms with Crippen molar-refractivity contribution in [3.05, 3.63) is 0 Å². The summed E-state index contributed by atoms with van der Waals surface area (Å²) in [5, 5.41) is 13.4. The molecule has 1 saturated heterocycles. The average Bonchev–Trinajstić information content (AvgIpc) is 2.86. The van der Waals surface area contributed by atoms with Gasteiger partial charge in [0.1, 0.15) is 6.04 Å². The number of carbonyl (C=O) groups excluding carboxylic acids is 2. The van der Waals surface area contributed by atoms with Gasteiger partial charge < -0.3 is 20.6 Å². The SMILES string of the molecule is CC[C@H](NC(=O)NCC(=O)N1CCCC1)C(=O)O. The van der Waals surface area contributed by atoms with Crippen molar-refractivity contribution in [2.24, 2.45) is 0 Å². The Hall–Kier alpha value is -1.79. The molecule has 1 rings (SSSR count). The molecule has 0 aromatic carbocycles. The first-order valence-corrected chi connectivity index (χ1v) is 6.09. The van der Waals surface area contributed by atoms with Crippen LogP contribution in [0.5, 0.6) is 0 Å². The van der Waals surface area contributed by atoms with Gasteiger partial charge in [0.15, 0.2) is 0 Å². The van der Waals surface area contributed by atoms with Gasteiger partial charge in [-0.2, -0.15) is 0 Å². The molecule has 0 bridgehead atoms. The van der Waals surface area contributed by atoms with E-state index in [4.69, 9.17) is 5.11 Å². The first kappa shape index (κ1) is 14.3. The summed E-state index contributed by atoms with van der Waals surface area (Å²) in [4.78, 5) is 35.4. The van der Waals surface area contributed by atoms with Crippen LogP contribution < -0.4 is 10.6 Å². The average molecular weight is 257 g/mol. The Morgan fingerprint density at radius 1 is 1.28 bits per heavy atom. The number of carbonyl (C=O) groups is 3. The molecule has 1 heterocycles. The Balaban J connectivity index is 2.27. The Morgan fingerprint density at radius 3 is 2.39 bits per heavy atom. The normalized spacial score (nSPS) is 16.2. The summed E-state index contributed by atoms with van der Waals surface area (Å²) < 4.78 is 0. The van der Waals surface area contributed by atoms with Crippen LogP contribution in [0.4, 0.5) is 4.79 Å². The van der Waals surface area contributed by atoms with Crippen molar-refractivity contribution in [2.75, 3.05) is 19.6 Å². The summed E-state index contributed by atoms with van der Waals surface area (Å²) >= 11 is 0. The zero-order valence-electron chi connectivity index (χ0n) is 10.4. The first-order valence-electron chi connectivity index (χ1n) is 6.09. The number of carboxylic acids is 1. The maximum atomic E-state index is 11.6. The number of hydrogen-bond acceptors (Lipinski definition) is 3. The molecule has 1 aliphatic rings. The monoisotopic (exact) mass is 257 g/mol. The first-order chi connectivity index (χ1) is 8.54. The van der Waals surface area contributed by atoms with Crippen LogP contribution in [0.25, 0.3) is 0 Å². The van der Waals surface area contributed by atoms with E-state index in [1.54, 1.807) is 11.8 Å². The van der Waals surface area contributed by atoms with Crippen LogP contribution in [-0.4, -0.2) is 53.6 Å². The molecule has 0 spiro atoms. The highest BCUT2D eigenvalue weighted by molar-refractivity contribution is 5.86. The second-order valence-corrected chi connectivity index (χ2v) is 4.21.